The molecule has 0 radical (unpaired) electrons. The topological polar surface area (TPSA) is 95.5 Å². The van der Waals surface area contributed by atoms with Gasteiger partial charge in [0.1, 0.15) is 0 Å². The van der Waals surface area contributed by atoms with Gasteiger partial charge in [0.05, 0.1) is 5.25 Å². The van der Waals surface area contributed by atoms with Gasteiger partial charge in [-0.3, -0.25) is 9.59 Å². The number of carboxylic acids is 1. The van der Waals surface area contributed by atoms with Crippen molar-refractivity contribution >= 4 is 40.9 Å². The van der Waals surface area contributed by atoms with E-state index in [1.165, 1.54) is 18.7 Å². The van der Waals surface area contributed by atoms with Crippen LogP contribution in [-0.2, 0) is 14.4 Å². The molecule has 7 heteroatoms. The highest BCUT2D eigenvalue weighted by molar-refractivity contribution is 8.00. The lowest BCUT2D eigenvalue weighted by Gasteiger charge is -2.12. The first-order valence-electron chi connectivity index (χ1n) is 8.20. The molecule has 0 aromatic heterocycles. The molecule has 0 saturated heterocycles. The fourth-order valence-electron chi connectivity index (χ4n) is 2.08. The highest BCUT2D eigenvalue weighted by atomic mass is 32.2. The molecule has 0 aliphatic heterocycles. The first-order chi connectivity index (χ1) is 12.8. The maximum atomic E-state index is 12.2. The number of carboxylic acid groups (broad SMARTS) is 1. The minimum Gasteiger partial charge on any atom is -0.478 e. The zero-order valence-electron chi connectivity index (χ0n) is 14.9. The van der Waals surface area contributed by atoms with Crippen molar-refractivity contribution in [2.75, 3.05) is 10.6 Å². The quantitative estimate of drug-likeness (QED) is 0.499. The second-order valence-corrected chi connectivity index (χ2v) is 7.18. The van der Waals surface area contributed by atoms with Gasteiger partial charge in [-0.05, 0) is 50.2 Å². The summed E-state index contributed by atoms with van der Waals surface area (Å²) in [5, 5.41) is 13.9. The van der Waals surface area contributed by atoms with Crippen molar-refractivity contribution in [3.63, 3.8) is 0 Å². The fraction of sp³-hybridized carbons (Fsp3) is 0.150. The van der Waals surface area contributed by atoms with Crippen molar-refractivity contribution in [2.45, 2.75) is 24.0 Å². The van der Waals surface area contributed by atoms with Crippen LogP contribution >= 0.6 is 11.8 Å². The van der Waals surface area contributed by atoms with Crippen molar-refractivity contribution in [1.29, 1.82) is 0 Å². The third-order valence-electron chi connectivity index (χ3n) is 3.53. The van der Waals surface area contributed by atoms with E-state index in [4.69, 9.17) is 5.11 Å². The molecule has 1 atom stereocenters. The van der Waals surface area contributed by atoms with Crippen LogP contribution in [0.5, 0.6) is 0 Å². The lowest BCUT2D eigenvalue weighted by Crippen LogP contribution is -2.22. The highest BCUT2D eigenvalue weighted by Crippen LogP contribution is 2.25. The molecule has 2 rings (SSSR count). The van der Waals surface area contributed by atoms with E-state index in [9.17, 15) is 14.4 Å². The molecule has 0 aliphatic rings. The zero-order chi connectivity index (χ0) is 19.8. The average Bonchev–Trinajstić information content (AvgIpc) is 2.64. The molecule has 0 fully saturated rings. The third-order valence-corrected chi connectivity index (χ3v) is 4.64. The minimum atomic E-state index is -1.14. The van der Waals surface area contributed by atoms with Crippen LogP contribution in [0.4, 0.5) is 11.4 Å². The highest BCUT2D eigenvalue weighted by Gasteiger charge is 2.14. The molecule has 140 valence electrons. The summed E-state index contributed by atoms with van der Waals surface area (Å²) in [6, 6.07) is 16.2. The predicted molar refractivity (Wildman–Crippen MR) is 107 cm³/mol. The number of carbonyl (C=O) groups is 3. The first kappa shape index (κ1) is 20.3. The van der Waals surface area contributed by atoms with Crippen molar-refractivity contribution in [3.05, 3.63) is 66.2 Å². The van der Waals surface area contributed by atoms with E-state index < -0.39 is 11.9 Å². The Morgan fingerprint density at radius 1 is 0.963 bits per heavy atom. The summed E-state index contributed by atoms with van der Waals surface area (Å²) in [5.41, 5.74) is 1.25. The van der Waals surface area contributed by atoms with Gasteiger partial charge in [0, 0.05) is 27.9 Å². The molecule has 1 unspecified atom stereocenters. The van der Waals surface area contributed by atoms with E-state index >= 15 is 0 Å². The number of para-hydroxylation sites is 1. The van der Waals surface area contributed by atoms with Crippen molar-refractivity contribution in [2.24, 2.45) is 0 Å². The van der Waals surface area contributed by atoms with E-state index in [0.717, 1.165) is 16.7 Å². The number of nitrogens with one attached hydrogen (secondary N) is 2. The second-order valence-electron chi connectivity index (χ2n) is 5.76. The molecule has 0 bridgehead atoms. The molecule has 0 aliphatic carbocycles. The summed E-state index contributed by atoms with van der Waals surface area (Å²) in [4.78, 5) is 35.6. The molecule has 3 N–H and O–H groups in total. The Morgan fingerprint density at radius 3 is 2.15 bits per heavy atom. The van der Waals surface area contributed by atoms with Crippen LogP contribution in [-0.4, -0.2) is 28.1 Å². The summed E-state index contributed by atoms with van der Waals surface area (Å²) in [6.07, 6.45) is 1.03. The molecule has 0 saturated carbocycles. The number of rotatable bonds is 7. The molecule has 0 heterocycles. The summed E-state index contributed by atoms with van der Waals surface area (Å²) >= 11 is 1.40. The molecule has 2 aromatic rings. The number of carbonyl (C=O) groups excluding carboxylic acids is 2. The van der Waals surface area contributed by atoms with Crippen molar-refractivity contribution in [1.82, 2.24) is 0 Å². The monoisotopic (exact) mass is 384 g/mol. The van der Waals surface area contributed by atoms with E-state index in [1.54, 1.807) is 24.3 Å². The van der Waals surface area contributed by atoms with Crippen LogP contribution < -0.4 is 10.6 Å². The summed E-state index contributed by atoms with van der Waals surface area (Å²) in [5.74, 6) is -1.75. The maximum Gasteiger partial charge on any atom is 0.331 e. The van der Waals surface area contributed by atoms with E-state index in [2.05, 4.69) is 10.6 Å². The molecule has 0 spiro atoms. The van der Waals surface area contributed by atoms with Crippen LogP contribution in [0.2, 0.25) is 0 Å². The van der Waals surface area contributed by atoms with Gasteiger partial charge in [-0.2, -0.15) is 0 Å². The standard InChI is InChI=1S/C20H20N2O4S/c1-13(20(25)26)12-18(23)21-16-8-10-17(11-9-16)27-14(2)19(24)22-15-6-4-3-5-7-15/h3-12,14H,1-2H3,(H,21,23)(H,22,24)(H,25,26)/b13-12-. The zero-order valence-corrected chi connectivity index (χ0v) is 15.7. The van der Waals surface area contributed by atoms with Gasteiger partial charge in [0.2, 0.25) is 11.8 Å². The largest absolute Gasteiger partial charge is 0.478 e. The lowest BCUT2D eigenvalue weighted by molar-refractivity contribution is -0.132. The van der Waals surface area contributed by atoms with Crippen LogP contribution in [0.15, 0.2) is 71.1 Å². The lowest BCUT2D eigenvalue weighted by atomic mass is 10.2. The smallest absolute Gasteiger partial charge is 0.331 e. The number of hydrogen-bond donors (Lipinski definition) is 3. The second kappa shape index (κ2) is 9.59. The Kier molecular flexibility index (Phi) is 7.19. The van der Waals surface area contributed by atoms with Crippen LogP contribution in [0, 0.1) is 0 Å². The SMILES string of the molecule is C/C(=C/C(=O)Nc1ccc(SC(C)C(=O)Nc2ccccc2)cc1)C(=O)O. The number of amides is 2. The van der Waals surface area contributed by atoms with Gasteiger partial charge in [-0.15, -0.1) is 11.8 Å². The van der Waals surface area contributed by atoms with Gasteiger partial charge in [0.15, 0.2) is 0 Å². The van der Waals surface area contributed by atoms with Gasteiger partial charge in [-0.1, -0.05) is 18.2 Å². The molecular formula is C20H20N2O4S. The summed E-state index contributed by atoms with van der Waals surface area (Å²) in [7, 11) is 0. The van der Waals surface area contributed by atoms with Crippen molar-refractivity contribution in [3.8, 4) is 0 Å². The number of aliphatic carboxylic acids is 1. The first-order valence-corrected chi connectivity index (χ1v) is 9.08. The Balaban J connectivity index is 1.91. The van der Waals surface area contributed by atoms with Crippen molar-refractivity contribution < 1.29 is 19.5 Å². The molecule has 6 nitrogen and oxygen atoms in total. The van der Waals surface area contributed by atoms with E-state index in [0.29, 0.717) is 5.69 Å². The molecule has 2 aromatic carbocycles. The van der Waals surface area contributed by atoms with Crippen LogP contribution in [0.25, 0.3) is 0 Å². The fourth-order valence-corrected chi connectivity index (χ4v) is 2.94. The van der Waals surface area contributed by atoms with Gasteiger partial charge in [-0.25, -0.2) is 4.79 Å². The van der Waals surface area contributed by atoms with Gasteiger partial charge in [0.25, 0.3) is 0 Å². The van der Waals surface area contributed by atoms with E-state index in [1.807, 2.05) is 37.3 Å². The summed E-state index contributed by atoms with van der Waals surface area (Å²) in [6.45, 7) is 3.17. The Bertz CT molecular complexity index is 848. The Hall–Kier alpha value is -3.06. The van der Waals surface area contributed by atoms with E-state index in [-0.39, 0.29) is 16.7 Å². The number of anilines is 2. The Morgan fingerprint density at radius 2 is 1.56 bits per heavy atom. The minimum absolute atomic E-state index is 0.0436. The molecule has 27 heavy (non-hydrogen) atoms. The molecular weight excluding hydrogens is 364 g/mol. The van der Waals surface area contributed by atoms with Crippen LogP contribution in [0.1, 0.15) is 13.8 Å². The maximum absolute atomic E-state index is 12.2. The average molecular weight is 384 g/mol. The third kappa shape index (κ3) is 6.63. The summed E-state index contributed by atoms with van der Waals surface area (Å²) < 4.78 is 0. The van der Waals surface area contributed by atoms with Crippen LogP contribution in [0.3, 0.4) is 0 Å². The molecule has 2 amide bonds. The Labute approximate surface area is 161 Å². The number of benzene rings is 2. The number of hydrogen-bond acceptors (Lipinski definition) is 4. The van der Waals surface area contributed by atoms with Gasteiger partial charge < -0.3 is 15.7 Å². The number of thioether (sulfide) groups is 1. The predicted octanol–water partition coefficient (Wildman–Crippen LogP) is 3.78. The normalized spacial score (nSPS) is 12.1. The van der Waals surface area contributed by atoms with Gasteiger partial charge >= 0.3 is 5.97 Å².